The van der Waals surface area contributed by atoms with Gasteiger partial charge in [-0.25, -0.2) is 13.1 Å². The van der Waals surface area contributed by atoms with Crippen molar-refractivity contribution in [3.63, 3.8) is 0 Å². The second-order valence-corrected chi connectivity index (χ2v) is 6.58. The molecule has 0 amide bonds. The van der Waals surface area contributed by atoms with E-state index in [1.165, 1.54) is 6.07 Å². The molecule has 0 fully saturated rings. The van der Waals surface area contributed by atoms with Crippen molar-refractivity contribution in [3.05, 3.63) is 39.4 Å². The number of benzene rings is 1. The molecule has 1 aliphatic rings. The van der Waals surface area contributed by atoms with E-state index in [1.54, 1.807) is 13.0 Å². The molecule has 0 aromatic heterocycles. The zero-order chi connectivity index (χ0) is 14.0. The van der Waals surface area contributed by atoms with Crippen LogP contribution in [0.3, 0.4) is 0 Å². The fraction of sp³-hybridized carbons (Fsp3) is 0.500. The Balaban J connectivity index is 2.17. The van der Waals surface area contributed by atoms with Crippen LogP contribution in [0.4, 0.5) is 5.69 Å². The normalized spacial score (nSPS) is 18.3. The quantitative estimate of drug-likeness (QED) is 0.651. The molecule has 0 saturated carbocycles. The van der Waals surface area contributed by atoms with E-state index in [4.69, 9.17) is 0 Å². The SMILES string of the molecule is CCNS(=O)(=O)C[C@H]1Cc2cccc([N+](=O)[O-])c2C1. The molecule has 0 heterocycles. The van der Waals surface area contributed by atoms with E-state index in [9.17, 15) is 18.5 Å². The molecule has 1 aliphatic carbocycles. The number of rotatable bonds is 5. The lowest BCUT2D eigenvalue weighted by atomic mass is 10.1. The standard InChI is InChI=1S/C12H16N2O4S/c1-2-13-19(17,18)8-9-6-10-4-3-5-12(14(15)16)11(10)7-9/h3-5,9,13H,2,6-8H2,1H3/t9-/m0/s1. The fourth-order valence-corrected chi connectivity index (χ4v) is 4.01. The first kappa shape index (κ1) is 14.0. The third-order valence-electron chi connectivity index (χ3n) is 3.27. The van der Waals surface area contributed by atoms with Gasteiger partial charge < -0.3 is 0 Å². The Labute approximate surface area is 112 Å². The van der Waals surface area contributed by atoms with Gasteiger partial charge in [0.2, 0.25) is 10.0 Å². The molecule has 2 rings (SSSR count). The number of hydrogen-bond acceptors (Lipinski definition) is 4. The van der Waals surface area contributed by atoms with Crippen LogP contribution in [0, 0.1) is 16.0 Å². The smallest absolute Gasteiger partial charge is 0.258 e. The van der Waals surface area contributed by atoms with E-state index in [2.05, 4.69) is 4.72 Å². The van der Waals surface area contributed by atoms with Gasteiger partial charge in [0.05, 0.1) is 10.7 Å². The van der Waals surface area contributed by atoms with Crippen molar-refractivity contribution in [1.29, 1.82) is 0 Å². The first-order chi connectivity index (χ1) is 8.93. The van der Waals surface area contributed by atoms with Crippen molar-refractivity contribution in [2.75, 3.05) is 12.3 Å². The van der Waals surface area contributed by atoms with Crippen LogP contribution in [0.15, 0.2) is 18.2 Å². The highest BCUT2D eigenvalue weighted by molar-refractivity contribution is 7.89. The third kappa shape index (κ3) is 3.10. The molecule has 1 aromatic carbocycles. The van der Waals surface area contributed by atoms with Crippen LogP contribution >= 0.6 is 0 Å². The summed E-state index contributed by atoms with van der Waals surface area (Å²) in [4.78, 5) is 10.5. The Morgan fingerprint density at radius 2 is 2.16 bits per heavy atom. The van der Waals surface area contributed by atoms with Gasteiger partial charge in [-0.3, -0.25) is 10.1 Å². The molecule has 6 nitrogen and oxygen atoms in total. The van der Waals surface area contributed by atoms with E-state index in [0.29, 0.717) is 24.9 Å². The van der Waals surface area contributed by atoms with E-state index in [1.807, 2.05) is 6.07 Å². The molecule has 7 heteroatoms. The number of sulfonamides is 1. The molecule has 19 heavy (non-hydrogen) atoms. The number of nitro groups is 1. The largest absolute Gasteiger partial charge is 0.272 e. The van der Waals surface area contributed by atoms with Gasteiger partial charge in [0.1, 0.15) is 0 Å². The van der Waals surface area contributed by atoms with Gasteiger partial charge in [-0.15, -0.1) is 0 Å². The lowest BCUT2D eigenvalue weighted by molar-refractivity contribution is -0.385. The average molecular weight is 284 g/mol. The molecule has 0 saturated heterocycles. The monoisotopic (exact) mass is 284 g/mol. The molecule has 0 bridgehead atoms. The summed E-state index contributed by atoms with van der Waals surface area (Å²) in [6.07, 6.45) is 1.04. The van der Waals surface area contributed by atoms with Crippen LogP contribution in [0.2, 0.25) is 0 Å². The van der Waals surface area contributed by atoms with Crippen molar-refractivity contribution in [2.45, 2.75) is 19.8 Å². The lowest BCUT2D eigenvalue weighted by Gasteiger charge is -2.09. The maximum Gasteiger partial charge on any atom is 0.272 e. The van der Waals surface area contributed by atoms with Gasteiger partial charge in [0, 0.05) is 18.2 Å². The molecule has 1 aromatic rings. The van der Waals surface area contributed by atoms with Crippen molar-refractivity contribution in [2.24, 2.45) is 5.92 Å². The Hall–Kier alpha value is -1.47. The minimum Gasteiger partial charge on any atom is -0.258 e. The number of nitro benzene ring substituents is 1. The molecule has 104 valence electrons. The summed E-state index contributed by atoms with van der Waals surface area (Å²) in [5.74, 6) is -0.0627. The van der Waals surface area contributed by atoms with E-state index in [0.717, 1.165) is 5.56 Å². The van der Waals surface area contributed by atoms with Crippen molar-refractivity contribution < 1.29 is 13.3 Å². The first-order valence-electron chi connectivity index (χ1n) is 6.15. The summed E-state index contributed by atoms with van der Waals surface area (Å²) in [5, 5.41) is 10.9. The van der Waals surface area contributed by atoms with E-state index in [-0.39, 0.29) is 17.4 Å². The molecule has 0 unspecified atom stereocenters. The molecular weight excluding hydrogens is 268 g/mol. The van der Waals surface area contributed by atoms with Crippen molar-refractivity contribution >= 4 is 15.7 Å². The van der Waals surface area contributed by atoms with Crippen molar-refractivity contribution in [1.82, 2.24) is 4.72 Å². The van der Waals surface area contributed by atoms with Gasteiger partial charge in [-0.1, -0.05) is 19.1 Å². The number of fused-ring (bicyclic) bond motifs is 1. The van der Waals surface area contributed by atoms with Crippen LogP contribution in [0.25, 0.3) is 0 Å². The molecule has 1 atom stereocenters. The minimum absolute atomic E-state index is 0.0205. The summed E-state index contributed by atoms with van der Waals surface area (Å²) in [6.45, 7) is 2.09. The predicted octanol–water partition coefficient (Wildman–Crippen LogP) is 1.25. The predicted molar refractivity (Wildman–Crippen MR) is 71.5 cm³/mol. The lowest BCUT2D eigenvalue weighted by Crippen LogP contribution is -2.29. The number of nitrogens with zero attached hydrogens (tertiary/aromatic N) is 1. The first-order valence-corrected chi connectivity index (χ1v) is 7.80. The van der Waals surface area contributed by atoms with Crippen LogP contribution in [0.1, 0.15) is 18.1 Å². The summed E-state index contributed by atoms with van der Waals surface area (Å²) in [6, 6.07) is 4.96. The van der Waals surface area contributed by atoms with Crippen molar-refractivity contribution in [3.8, 4) is 0 Å². The van der Waals surface area contributed by atoms with Crippen LogP contribution < -0.4 is 4.72 Å². The highest BCUT2D eigenvalue weighted by atomic mass is 32.2. The molecule has 0 aliphatic heterocycles. The summed E-state index contributed by atoms with van der Waals surface area (Å²) in [7, 11) is -3.29. The highest BCUT2D eigenvalue weighted by Crippen LogP contribution is 2.33. The zero-order valence-electron chi connectivity index (χ0n) is 10.6. The van der Waals surface area contributed by atoms with Gasteiger partial charge in [0.25, 0.3) is 5.69 Å². The maximum absolute atomic E-state index is 11.7. The maximum atomic E-state index is 11.7. The topological polar surface area (TPSA) is 89.3 Å². The fourth-order valence-electron chi connectivity index (χ4n) is 2.60. The zero-order valence-corrected chi connectivity index (χ0v) is 11.4. The van der Waals surface area contributed by atoms with Gasteiger partial charge >= 0.3 is 0 Å². The molecule has 1 N–H and O–H groups in total. The average Bonchev–Trinajstić information content (AvgIpc) is 2.68. The van der Waals surface area contributed by atoms with Gasteiger partial charge in [0.15, 0.2) is 0 Å². The van der Waals surface area contributed by atoms with Gasteiger partial charge in [-0.2, -0.15) is 0 Å². The van der Waals surface area contributed by atoms with Crippen LogP contribution in [-0.2, 0) is 22.9 Å². The second-order valence-electron chi connectivity index (χ2n) is 4.73. The Morgan fingerprint density at radius 3 is 2.79 bits per heavy atom. The Morgan fingerprint density at radius 1 is 1.42 bits per heavy atom. The third-order valence-corrected chi connectivity index (χ3v) is 4.90. The van der Waals surface area contributed by atoms with Crippen LogP contribution in [-0.4, -0.2) is 25.6 Å². The number of hydrogen-bond donors (Lipinski definition) is 1. The Bertz CT molecular complexity index is 598. The Kier molecular flexibility index (Phi) is 3.86. The summed E-state index contributed by atoms with van der Waals surface area (Å²) < 4.78 is 25.9. The molecule has 0 radical (unpaired) electrons. The van der Waals surface area contributed by atoms with E-state index < -0.39 is 14.9 Å². The molecule has 0 spiro atoms. The minimum atomic E-state index is -3.29. The molecular formula is C12H16N2O4S. The second kappa shape index (κ2) is 5.26. The summed E-state index contributed by atoms with van der Waals surface area (Å²) in [5.41, 5.74) is 1.68. The van der Waals surface area contributed by atoms with Crippen LogP contribution in [0.5, 0.6) is 0 Å². The van der Waals surface area contributed by atoms with E-state index >= 15 is 0 Å². The van der Waals surface area contributed by atoms with Gasteiger partial charge in [-0.05, 0) is 24.3 Å². The number of nitrogens with one attached hydrogen (secondary N) is 1. The summed E-state index contributed by atoms with van der Waals surface area (Å²) >= 11 is 0. The highest BCUT2D eigenvalue weighted by Gasteiger charge is 2.30.